The summed E-state index contributed by atoms with van der Waals surface area (Å²) in [6.07, 6.45) is -2.25. The maximum Gasteiger partial charge on any atom is 0.421 e. The van der Waals surface area contributed by atoms with Crippen LogP contribution in [0.4, 0.5) is 17.6 Å². The van der Waals surface area contributed by atoms with Crippen LogP contribution in [0.5, 0.6) is 0 Å². The standard InChI is InChI=1S/C20H16F4N6/c1-12-11-30-5-4-13(6-18(30)28-12)19-16(3-2-15(8-26)29-19)14(7-25)9-27-10-17(21)20(22,23)24/h2-7,9,11,17H,10,25H2,1H3. The molecule has 0 radical (unpaired) electrons. The lowest BCUT2D eigenvalue weighted by atomic mass is 10.0. The first-order valence-electron chi connectivity index (χ1n) is 8.72. The number of nitrogens with two attached hydrogens (primary N) is 1. The van der Waals surface area contributed by atoms with Crippen LogP contribution in [0.15, 0.2) is 47.9 Å². The quantitative estimate of drug-likeness (QED) is 0.505. The van der Waals surface area contributed by atoms with E-state index in [2.05, 4.69) is 15.0 Å². The maximum atomic E-state index is 13.1. The zero-order valence-corrected chi connectivity index (χ0v) is 15.7. The second-order valence-electron chi connectivity index (χ2n) is 6.39. The summed E-state index contributed by atoms with van der Waals surface area (Å²) in [5.41, 5.74) is 8.89. The van der Waals surface area contributed by atoms with Gasteiger partial charge in [-0.3, -0.25) is 4.99 Å². The summed E-state index contributed by atoms with van der Waals surface area (Å²) in [4.78, 5) is 12.2. The lowest BCUT2D eigenvalue weighted by molar-refractivity contribution is -0.176. The van der Waals surface area contributed by atoms with E-state index in [4.69, 9.17) is 5.73 Å². The number of halogens is 4. The molecule has 0 saturated carbocycles. The second-order valence-corrected chi connectivity index (χ2v) is 6.39. The number of hydrogen-bond donors (Lipinski definition) is 1. The summed E-state index contributed by atoms with van der Waals surface area (Å²) in [5.74, 6) is 0. The highest BCUT2D eigenvalue weighted by Gasteiger charge is 2.39. The van der Waals surface area contributed by atoms with Crippen molar-refractivity contribution in [1.29, 1.82) is 5.26 Å². The molecule has 0 spiro atoms. The molecule has 3 aromatic rings. The van der Waals surface area contributed by atoms with E-state index in [1.165, 1.54) is 6.07 Å². The fourth-order valence-electron chi connectivity index (χ4n) is 2.78. The lowest BCUT2D eigenvalue weighted by Crippen LogP contribution is -2.27. The summed E-state index contributed by atoms with van der Waals surface area (Å²) in [6.45, 7) is 0.761. The molecule has 0 aliphatic heterocycles. The van der Waals surface area contributed by atoms with Crippen molar-refractivity contribution in [1.82, 2.24) is 14.4 Å². The number of aryl methyl sites for hydroxylation is 1. The number of rotatable bonds is 5. The number of nitriles is 1. The molecule has 6 nitrogen and oxygen atoms in total. The van der Waals surface area contributed by atoms with Gasteiger partial charge in [0.25, 0.3) is 0 Å². The van der Waals surface area contributed by atoms with Crippen molar-refractivity contribution in [2.45, 2.75) is 19.3 Å². The monoisotopic (exact) mass is 416 g/mol. The van der Waals surface area contributed by atoms with Crippen molar-refractivity contribution < 1.29 is 17.6 Å². The molecule has 3 heterocycles. The average Bonchev–Trinajstić information content (AvgIpc) is 3.09. The Bertz CT molecular complexity index is 1170. The van der Waals surface area contributed by atoms with Gasteiger partial charge < -0.3 is 10.1 Å². The molecule has 3 rings (SSSR count). The van der Waals surface area contributed by atoms with E-state index in [0.717, 1.165) is 18.1 Å². The Morgan fingerprint density at radius 1 is 1.33 bits per heavy atom. The van der Waals surface area contributed by atoms with Crippen LogP contribution in [0.1, 0.15) is 17.0 Å². The molecule has 0 fully saturated rings. The molecule has 0 aromatic carbocycles. The van der Waals surface area contributed by atoms with Crippen LogP contribution in [-0.2, 0) is 0 Å². The van der Waals surface area contributed by atoms with Gasteiger partial charge in [-0.2, -0.15) is 18.4 Å². The molecule has 30 heavy (non-hydrogen) atoms. The minimum absolute atomic E-state index is 0.141. The Labute approximate surface area is 169 Å². The summed E-state index contributed by atoms with van der Waals surface area (Å²) in [7, 11) is 0. The zero-order valence-electron chi connectivity index (χ0n) is 15.7. The van der Waals surface area contributed by atoms with Gasteiger partial charge in [0.2, 0.25) is 6.17 Å². The average molecular weight is 416 g/mol. The summed E-state index contributed by atoms with van der Waals surface area (Å²) >= 11 is 0. The molecule has 3 aromatic heterocycles. The number of alkyl halides is 4. The summed E-state index contributed by atoms with van der Waals surface area (Å²) in [5, 5.41) is 9.21. The van der Waals surface area contributed by atoms with Crippen LogP contribution < -0.4 is 5.73 Å². The third-order valence-corrected chi connectivity index (χ3v) is 4.21. The summed E-state index contributed by atoms with van der Waals surface area (Å²) < 4.78 is 51.9. The SMILES string of the molecule is Cc1cn2ccc(-c3nc(C#N)ccc3C(C=NCC(F)C(F)(F)F)=CN)cc2n1. The van der Waals surface area contributed by atoms with Crippen molar-refractivity contribution in [3.8, 4) is 17.3 Å². The number of fused-ring (bicyclic) bond motifs is 1. The van der Waals surface area contributed by atoms with Crippen LogP contribution >= 0.6 is 0 Å². The number of nitrogens with zero attached hydrogens (tertiary/aromatic N) is 5. The molecule has 0 amide bonds. The Kier molecular flexibility index (Phi) is 5.82. The van der Waals surface area contributed by atoms with Gasteiger partial charge in [0.05, 0.1) is 17.9 Å². The molecular weight excluding hydrogens is 400 g/mol. The normalized spacial score (nSPS) is 13.7. The van der Waals surface area contributed by atoms with Crippen LogP contribution in [0.2, 0.25) is 0 Å². The van der Waals surface area contributed by atoms with E-state index >= 15 is 0 Å². The molecule has 0 saturated heterocycles. The number of aliphatic imine (C=N–C) groups is 1. The highest BCUT2D eigenvalue weighted by molar-refractivity contribution is 6.11. The number of allylic oxidation sites excluding steroid dienone is 1. The van der Waals surface area contributed by atoms with Crippen LogP contribution in [0, 0.1) is 18.3 Å². The number of pyridine rings is 2. The molecule has 1 unspecified atom stereocenters. The molecule has 0 bridgehead atoms. The Balaban J connectivity index is 2.02. The molecule has 154 valence electrons. The third-order valence-electron chi connectivity index (χ3n) is 4.21. The van der Waals surface area contributed by atoms with Crippen LogP contribution in [-0.4, -0.2) is 39.5 Å². The number of aromatic nitrogens is 3. The molecule has 0 aliphatic rings. The highest BCUT2D eigenvalue weighted by atomic mass is 19.4. The van der Waals surface area contributed by atoms with Crippen molar-refractivity contribution in [2.24, 2.45) is 10.7 Å². The third kappa shape index (κ3) is 4.46. The largest absolute Gasteiger partial charge is 0.421 e. The molecule has 10 heteroatoms. The minimum Gasteiger partial charge on any atom is -0.404 e. The first kappa shape index (κ1) is 21.0. The van der Waals surface area contributed by atoms with Gasteiger partial charge in [-0.1, -0.05) is 0 Å². The van der Waals surface area contributed by atoms with Crippen LogP contribution in [0.25, 0.3) is 22.5 Å². The summed E-state index contributed by atoms with van der Waals surface area (Å²) in [6, 6.07) is 8.47. The smallest absolute Gasteiger partial charge is 0.404 e. The topological polar surface area (TPSA) is 92.4 Å². The molecule has 1 atom stereocenters. The fourth-order valence-corrected chi connectivity index (χ4v) is 2.78. The Morgan fingerprint density at radius 3 is 2.77 bits per heavy atom. The van der Waals surface area contributed by atoms with Crippen LogP contribution in [0.3, 0.4) is 0 Å². The fraction of sp³-hybridized carbons (Fsp3) is 0.200. The van der Waals surface area contributed by atoms with E-state index < -0.39 is 18.9 Å². The Morgan fingerprint density at radius 2 is 2.10 bits per heavy atom. The van der Waals surface area contributed by atoms with Gasteiger partial charge in [0, 0.05) is 41.5 Å². The van der Waals surface area contributed by atoms with Crippen molar-refractivity contribution in [2.75, 3.05) is 6.54 Å². The molecular formula is C20H16F4N6. The highest BCUT2D eigenvalue weighted by Crippen LogP contribution is 2.28. The van der Waals surface area contributed by atoms with Gasteiger partial charge in [-0.05, 0) is 31.2 Å². The Hall–Kier alpha value is -3.74. The number of imidazole rings is 1. The van der Waals surface area contributed by atoms with Crippen molar-refractivity contribution in [3.05, 3.63) is 59.8 Å². The minimum atomic E-state index is -4.98. The van der Waals surface area contributed by atoms with Gasteiger partial charge in [-0.25, -0.2) is 14.4 Å². The van der Waals surface area contributed by atoms with E-state index in [1.54, 1.807) is 24.4 Å². The second kappa shape index (κ2) is 8.32. The lowest BCUT2D eigenvalue weighted by Gasteiger charge is -2.11. The van der Waals surface area contributed by atoms with Gasteiger partial charge in [0.15, 0.2) is 0 Å². The first-order valence-corrected chi connectivity index (χ1v) is 8.72. The first-order chi connectivity index (χ1) is 14.2. The zero-order chi connectivity index (χ0) is 21.9. The van der Waals surface area contributed by atoms with E-state index in [0.29, 0.717) is 22.5 Å². The predicted molar refractivity (Wildman–Crippen MR) is 104 cm³/mol. The predicted octanol–water partition coefficient (Wildman–Crippen LogP) is 3.85. The molecule has 0 aliphatic carbocycles. The van der Waals surface area contributed by atoms with E-state index in [9.17, 15) is 22.8 Å². The van der Waals surface area contributed by atoms with Gasteiger partial charge in [0.1, 0.15) is 17.4 Å². The van der Waals surface area contributed by atoms with Gasteiger partial charge in [-0.15, -0.1) is 0 Å². The molecule has 2 N–H and O–H groups in total. The van der Waals surface area contributed by atoms with Crippen molar-refractivity contribution in [3.63, 3.8) is 0 Å². The van der Waals surface area contributed by atoms with E-state index in [1.807, 2.05) is 23.6 Å². The van der Waals surface area contributed by atoms with Gasteiger partial charge >= 0.3 is 6.18 Å². The maximum absolute atomic E-state index is 13.1. The van der Waals surface area contributed by atoms with Crippen molar-refractivity contribution >= 4 is 17.4 Å². The number of hydrogen-bond acceptors (Lipinski definition) is 5. The van der Waals surface area contributed by atoms with E-state index in [-0.39, 0.29) is 11.3 Å².